The lowest BCUT2D eigenvalue weighted by molar-refractivity contribution is -0.176. The van der Waals surface area contributed by atoms with Gasteiger partial charge in [0.25, 0.3) is 0 Å². The van der Waals surface area contributed by atoms with Crippen molar-refractivity contribution in [3.05, 3.63) is 0 Å². The van der Waals surface area contributed by atoms with Gasteiger partial charge in [-0.1, -0.05) is 0 Å². The highest BCUT2D eigenvalue weighted by atomic mass is 16.5. The summed E-state index contributed by atoms with van der Waals surface area (Å²) in [5.74, 6) is -2.86. The molecule has 0 rings (SSSR count). The van der Waals surface area contributed by atoms with Gasteiger partial charge < -0.3 is 10.2 Å². The number of aliphatic hydroxyl groups is 2. The zero-order chi connectivity index (χ0) is 9.07. The Bertz CT molecular complexity index is 153. The second-order valence-corrected chi connectivity index (χ2v) is 2.74. The molecular formula is C7H12O4. The number of ketones is 2. The lowest BCUT2D eigenvalue weighted by Gasteiger charge is -2.17. The van der Waals surface area contributed by atoms with Crippen molar-refractivity contribution in [2.24, 2.45) is 0 Å². The van der Waals surface area contributed by atoms with Crippen LogP contribution in [-0.4, -0.2) is 27.6 Å². The van der Waals surface area contributed by atoms with E-state index in [1.807, 2.05) is 0 Å². The van der Waals surface area contributed by atoms with E-state index in [9.17, 15) is 9.59 Å². The van der Waals surface area contributed by atoms with Crippen LogP contribution in [0, 0.1) is 0 Å². The van der Waals surface area contributed by atoms with Gasteiger partial charge in [-0.05, 0) is 13.8 Å². The highest BCUT2D eigenvalue weighted by molar-refractivity contribution is 5.80. The van der Waals surface area contributed by atoms with Gasteiger partial charge >= 0.3 is 0 Å². The van der Waals surface area contributed by atoms with E-state index in [1.165, 1.54) is 13.8 Å². The Labute approximate surface area is 64.8 Å². The summed E-state index contributed by atoms with van der Waals surface area (Å²) < 4.78 is 0. The number of carbonyl (C=O) groups excluding carboxylic acids is 2. The quantitative estimate of drug-likeness (QED) is 0.550. The van der Waals surface area contributed by atoms with Gasteiger partial charge in [0.15, 0.2) is 5.79 Å². The first-order valence-corrected chi connectivity index (χ1v) is 3.27. The normalized spacial score (nSPS) is 11.3. The standard InChI is InChI=1S/C7H12O4/c1-5(8)3-7(10,11)4-6(2)9/h10-11H,3-4H2,1-2H3. The van der Waals surface area contributed by atoms with Crippen molar-refractivity contribution in [3.8, 4) is 0 Å². The first-order chi connectivity index (χ1) is 4.83. The molecule has 11 heavy (non-hydrogen) atoms. The minimum Gasteiger partial charge on any atom is -0.365 e. The third kappa shape index (κ3) is 5.69. The van der Waals surface area contributed by atoms with Gasteiger partial charge in [-0.15, -0.1) is 0 Å². The summed E-state index contributed by atoms with van der Waals surface area (Å²) in [7, 11) is 0. The maximum absolute atomic E-state index is 10.4. The van der Waals surface area contributed by atoms with Crippen LogP contribution in [0.4, 0.5) is 0 Å². The Hall–Kier alpha value is -0.740. The topological polar surface area (TPSA) is 74.6 Å². The molecule has 0 bridgehead atoms. The van der Waals surface area contributed by atoms with E-state index in [-0.39, 0.29) is 11.6 Å². The minimum atomic E-state index is -2.16. The number of rotatable bonds is 4. The number of carbonyl (C=O) groups is 2. The summed E-state index contributed by atoms with van der Waals surface area (Å²) in [5.41, 5.74) is 0. The molecule has 0 amide bonds. The van der Waals surface area contributed by atoms with E-state index in [0.717, 1.165) is 0 Å². The first-order valence-electron chi connectivity index (χ1n) is 3.27. The minimum absolute atomic E-state index is 0.351. The molecule has 0 saturated carbocycles. The fraction of sp³-hybridized carbons (Fsp3) is 0.714. The smallest absolute Gasteiger partial charge is 0.176 e. The molecule has 4 heteroatoms. The fourth-order valence-corrected chi connectivity index (χ4v) is 0.860. The molecule has 0 heterocycles. The lowest BCUT2D eigenvalue weighted by Crippen LogP contribution is -2.32. The Morgan fingerprint density at radius 3 is 1.55 bits per heavy atom. The molecule has 0 aromatic carbocycles. The predicted molar refractivity (Wildman–Crippen MR) is 37.8 cm³/mol. The zero-order valence-corrected chi connectivity index (χ0v) is 6.63. The largest absolute Gasteiger partial charge is 0.365 e. The van der Waals surface area contributed by atoms with Crippen LogP contribution in [0.3, 0.4) is 0 Å². The van der Waals surface area contributed by atoms with E-state index in [4.69, 9.17) is 10.2 Å². The van der Waals surface area contributed by atoms with Crippen LogP contribution in [-0.2, 0) is 9.59 Å². The first kappa shape index (κ1) is 10.3. The lowest BCUT2D eigenvalue weighted by atomic mass is 10.1. The van der Waals surface area contributed by atoms with E-state index in [2.05, 4.69) is 0 Å². The van der Waals surface area contributed by atoms with Crippen molar-refractivity contribution in [3.63, 3.8) is 0 Å². The number of hydrogen-bond acceptors (Lipinski definition) is 4. The van der Waals surface area contributed by atoms with Gasteiger partial charge in [-0.3, -0.25) is 9.59 Å². The molecule has 0 aliphatic carbocycles. The molecule has 0 unspecified atom stereocenters. The van der Waals surface area contributed by atoms with Gasteiger partial charge in [0.2, 0.25) is 0 Å². The molecular weight excluding hydrogens is 148 g/mol. The SMILES string of the molecule is CC(=O)CC(O)(O)CC(C)=O. The van der Waals surface area contributed by atoms with E-state index in [0.29, 0.717) is 0 Å². The molecule has 0 atom stereocenters. The second-order valence-electron chi connectivity index (χ2n) is 2.74. The van der Waals surface area contributed by atoms with Crippen LogP contribution in [0.1, 0.15) is 26.7 Å². The van der Waals surface area contributed by atoms with Crippen molar-refractivity contribution in [2.45, 2.75) is 32.5 Å². The molecule has 0 aromatic heterocycles. The Kier molecular flexibility index (Phi) is 3.35. The highest BCUT2D eigenvalue weighted by Crippen LogP contribution is 2.11. The van der Waals surface area contributed by atoms with Crippen LogP contribution in [0.5, 0.6) is 0 Å². The molecule has 0 saturated heterocycles. The summed E-state index contributed by atoms with van der Waals surface area (Å²) >= 11 is 0. The highest BCUT2D eigenvalue weighted by Gasteiger charge is 2.26. The molecule has 0 aliphatic rings. The van der Waals surface area contributed by atoms with E-state index < -0.39 is 18.6 Å². The monoisotopic (exact) mass is 160 g/mol. The second kappa shape index (κ2) is 3.59. The van der Waals surface area contributed by atoms with E-state index in [1.54, 1.807) is 0 Å². The summed E-state index contributed by atoms with van der Waals surface area (Å²) in [6, 6.07) is 0. The van der Waals surface area contributed by atoms with Crippen molar-refractivity contribution < 1.29 is 19.8 Å². The Balaban J connectivity index is 3.99. The van der Waals surface area contributed by atoms with Gasteiger partial charge in [0.05, 0.1) is 12.8 Å². The van der Waals surface area contributed by atoms with Crippen molar-refractivity contribution in [2.75, 3.05) is 0 Å². The van der Waals surface area contributed by atoms with Crippen LogP contribution >= 0.6 is 0 Å². The van der Waals surface area contributed by atoms with Gasteiger partial charge in [0.1, 0.15) is 11.6 Å². The van der Waals surface area contributed by atoms with Crippen LogP contribution in [0.25, 0.3) is 0 Å². The molecule has 0 aliphatic heterocycles. The molecule has 0 fully saturated rings. The molecule has 2 N–H and O–H groups in total. The van der Waals surface area contributed by atoms with Gasteiger partial charge in [-0.2, -0.15) is 0 Å². The fourth-order valence-electron chi connectivity index (χ4n) is 0.860. The van der Waals surface area contributed by atoms with E-state index >= 15 is 0 Å². The summed E-state index contributed by atoms with van der Waals surface area (Å²) in [4.78, 5) is 20.8. The molecule has 0 spiro atoms. The maximum Gasteiger partial charge on any atom is 0.176 e. The average molecular weight is 160 g/mol. The number of hydrogen-bond donors (Lipinski definition) is 2. The third-order valence-corrected chi connectivity index (χ3v) is 1.06. The molecule has 64 valence electrons. The van der Waals surface area contributed by atoms with Gasteiger partial charge in [-0.25, -0.2) is 0 Å². The number of Topliss-reactive ketones (excluding diaryl/α,β-unsaturated/α-hetero) is 2. The van der Waals surface area contributed by atoms with Crippen LogP contribution in [0.2, 0.25) is 0 Å². The third-order valence-electron chi connectivity index (χ3n) is 1.06. The average Bonchev–Trinajstić information content (AvgIpc) is 1.53. The van der Waals surface area contributed by atoms with Crippen molar-refractivity contribution in [1.82, 2.24) is 0 Å². The van der Waals surface area contributed by atoms with Crippen LogP contribution in [0.15, 0.2) is 0 Å². The maximum atomic E-state index is 10.4. The summed E-state index contributed by atoms with van der Waals surface area (Å²) in [6.45, 7) is 2.47. The van der Waals surface area contributed by atoms with Gasteiger partial charge in [0, 0.05) is 0 Å². The summed E-state index contributed by atoms with van der Waals surface area (Å²) in [6.07, 6.45) is -0.793. The summed E-state index contributed by atoms with van der Waals surface area (Å²) in [5, 5.41) is 17.9. The Morgan fingerprint density at radius 2 is 1.36 bits per heavy atom. The molecule has 0 radical (unpaired) electrons. The Morgan fingerprint density at radius 1 is 1.09 bits per heavy atom. The molecule has 0 aromatic rings. The van der Waals surface area contributed by atoms with Crippen molar-refractivity contribution in [1.29, 1.82) is 0 Å². The predicted octanol–water partition coefficient (Wildman–Crippen LogP) is -0.375. The van der Waals surface area contributed by atoms with Crippen molar-refractivity contribution >= 4 is 11.6 Å². The van der Waals surface area contributed by atoms with Crippen LogP contribution < -0.4 is 0 Å². The molecule has 4 nitrogen and oxygen atoms in total. The zero-order valence-electron chi connectivity index (χ0n) is 6.63.